The lowest BCUT2D eigenvalue weighted by Crippen LogP contribution is -2.25. The molecule has 60 valence electrons. The van der Waals surface area contributed by atoms with Crippen molar-refractivity contribution in [2.24, 2.45) is 11.8 Å². The third-order valence-electron chi connectivity index (χ3n) is 2.68. The summed E-state index contributed by atoms with van der Waals surface area (Å²) in [5.41, 5.74) is 1.52. The summed E-state index contributed by atoms with van der Waals surface area (Å²) in [6.07, 6.45) is 9.84. The molecule has 0 aliphatic heterocycles. The zero-order valence-corrected chi connectivity index (χ0v) is 7.25. The average molecular weight is 149 g/mol. The third kappa shape index (κ3) is 1.09. The maximum Gasteiger partial charge on any atom is 0.0165 e. The van der Waals surface area contributed by atoms with Gasteiger partial charge in [0.15, 0.2) is 0 Å². The molecule has 1 nitrogen and oxygen atoms in total. The van der Waals surface area contributed by atoms with Crippen molar-refractivity contribution in [1.82, 2.24) is 4.90 Å². The SMILES string of the molecule is CN(C)C1=CC2C=CC1CC2. The first-order valence-electron chi connectivity index (χ1n) is 4.35. The van der Waals surface area contributed by atoms with Crippen LogP contribution in [0, 0.1) is 11.8 Å². The monoisotopic (exact) mass is 149 g/mol. The molecular formula is C10H15N. The summed E-state index contributed by atoms with van der Waals surface area (Å²) >= 11 is 0. The predicted molar refractivity (Wildman–Crippen MR) is 47.1 cm³/mol. The Morgan fingerprint density at radius 1 is 1.27 bits per heavy atom. The maximum atomic E-state index is 2.41. The summed E-state index contributed by atoms with van der Waals surface area (Å²) in [6, 6.07) is 0. The van der Waals surface area contributed by atoms with Crippen molar-refractivity contribution in [2.45, 2.75) is 12.8 Å². The molecule has 2 atom stereocenters. The molecule has 0 radical (unpaired) electrons. The van der Waals surface area contributed by atoms with Gasteiger partial charge in [-0.3, -0.25) is 0 Å². The molecule has 0 aromatic rings. The zero-order chi connectivity index (χ0) is 7.84. The molecule has 0 saturated heterocycles. The van der Waals surface area contributed by atoms with Crippen molar-refractivity contribution in [3.63, 3.8) is 0 Å². The lowest BCUT2D eigenvalue weighted by atomic mass is 9.79. The first-order chi connectivity index (χ1) is 5.27. The summed E-state index contributed by atoms with van der Waals surface area (Å²) in [5, 5.41) is 0. The van der Waals surface area contributed by atoms with E-state index in [1.54, 1.807) is 0 Å². The number of nitrogens with zero attached hydrogens (tertiary/aromatic N) is 1. The molecular weight excluding hydrogens is 134 g/mol. The highest BCUT2D eigenvalue weighted by Crippen LogP contribution is 2.35. The van der Waals surface area contributed by atoms with Gasteiger partial charge in [-0.2, -0.15) is 0 Å². The molecule has 0 fully saturated rings. The van der Waals surface area contributed by atoms with Gasteiger partial charge < -0.3 is 4.90 Å². The fourth-order valence-electron chi connectivity index (χ4n) is 2.05. The van der Waals surface area contributed by atoms with Crippen molar-refractivity contribution in [3.8, 4) is 0 Å². The molecule has 0 amide bonds. The van der Waals surface area contributed by atoms with Gasteiger partial charge in [0.1, 0.15) is 0 Å². The van der Waals surface area contributed by atoms with Crippen LogP contribution in [-0.4, -0.2) is 19.0 Å². The molecule has 11 heavy (non-hydrogen) atoms. The Morgan fingerprint density at radius 3 is 2.36 bits per heavy atom. The van der Waals surface area contributed by atoms with Crippen molar-refractivity contribution < 1.29 is 0 Å². The summed E-state index contributed by atoms with van der Waals surface area (Å²) in [5.74, 6) is 1.45. The Hall–Kier alpha value is -0.720. The predicted octanol–water partition coefficient (Wildman–Crippen LogP) is 2.03. The molecule has 3 rings (SSSR count). The van der Waals surface area contributed by atoms with Crippen molar-refractivity contribution >= 4 is 0 Å². The molecule has 0 N–H and O–H groups in total. The zero-order valence-electron chi connectivity index (χ0n) is 7.25. The molecule has 0 aromatic carbocycles. The topological polar surface area (TPSA) is 3.24 Å². The molecule has 0 spiro atoms. The molecule has 3 aliphatic carbocycles. The van der Waals surface area contributed by atoms with Crippen molar-refractivity contribution in [3.05, 3.63) is 23.9 Å². The van der Waals surface area contributed by atoms with E-state index in [0.717, 1.165) is 11.8 Å². The van der Waals surface area contributed by atoms with E-state index in [1.807, 2.05) is 0 Å². The van der Waals surface area contributed by atoms with E-state index in [9.17, 15) is 0 Å². The summed E-state index contributed by atoms with van der Waals surface area (Å²) < 4.78 is 0. The van der Waals surface area contributed by atoms with Crippen LogP contribution in [0.1, 0.15) is 12.8 Å². The van der Waals surface area contributed by atoms with Crippen LogP contribution in [0.3, 0.4) is 0 Å². The molecule has 2 unspecified atom stereocenters. The van der Waals surface area contributed by atoms with Gasteiger partial charge >= 0.3 is 0 Å². The van der Waals surface area contributed by atoms with Crippen LogP contribution in [0.2, 0.25) is 0 Å². The molecule has 2 bridgehead atoms. The number of allylic oxidation sites excluding steroid dienone is 3. The molecule has 3 aliphatic rings. The van der Waals surface area contributed by atoms with Crippen molar-refractivity contribution in [1.29, 1.82) is 0 Å². The van der Waals surface area contributed by atoms with E-state index in [0.29, 0.717) is 0 Å². The van der Waals surface area contributed by atoms with Gasteiger partial charge in [-0.15, -0.1) is 0 Å². The molecule has 1 heteroatoms. The minimum Gasteiger partial charge on any atom is -0.381 e. The second-order valence-corrected chi connectivity index (χ2v) is 3.72. The molecule has 0 saturated carbocycles. The Labute approximate surface area is 68.4 Å². The van der Waals surface area contributed by atoms with Crippen LogP contribution in [-0.2, 0) is 0 Å². The summed E-state index contributed by atoms with van der Waals surface area (Å²) in [6.45, 7) is 0. The van der Waals surface area contributed by atoms with Gasteiger partial charge in [0.05, 0.1) is 0 Å². The largest absolute Gasteiger partial charge is 0.381 e. The lowest BCUT2D eigenvalue weighted by molar-refractivity contribution is 0.381. The Morgan fingerprint density at radius 2 is 2.09 bits per heavy atom. The van der Waals surface area contributed by atoms with Gasteiger partial charge in [0.25, 0.3) is 0 Å². The van der Waals surface area contributed by atoms with Crippen LogP contribution in [0.4, 0.5) is 0 Å². The van der Waals surface area contributed by atoms with E-state index < -0.39 is 0 Å². The minimum absolute atomic E-state index is 0.718. The Balaban J connectivity index is 2.24. The first-order valence-corrected chi connectivity index (χ1v) is 4.35. The van der Waals surface area contributed by atoms with Gasteiger partial charge in [0.2, 0.25) is 0 Å². The Kier molecular flexibility index (Phi) is 1.52. The van der Waals surface area contributed by atoms with E-state index in [2.05, 4.69) is 37.2 Å². The van der Waals surface area contributed by atoms with Crippen LogP contribution in [0.15, 0.2) is 23.9 Å². The average Bonchev–Trinajstić information content (AvgIpc) is 2.06. The van der Waals surface area contributed by atoms with Crippen LogP contribution in [0.5, 0.6) is 0 Å². The highest BCUT2D eigenvalue weighted by Gasteiger charge is 2.24. The second-order valence-electron chi connectivity index (χ2n) is 3.72. The fourth-order valence-corrected chi connectivity index (χ4v) is 2.05. The van der Waals surface area contributed by atoms with Gasteiger partial charge in [-0.1, -0.05) is 18.2 Å². The molecule has 0 aromatic heterocycles. The fraction of sp³-hybridized carbons (Fsp3) is 0.600. The van der Waals surface area contributed by atoms with Crippen LogP contribution >= 0.6 is 0 Å². The van der Waals surface area contributed by atoms with Crippen molar-refractivity contribution in [2.75, 3.05) is 14.1 Å². The lowest BCUT2D eigenvalue weighted by Gasteiger charge is -2.34. The van der Waals surface area contributed by atoms with Gasteiger partial charge in [0, 0.05) is 25.7 Å². The highest BCUT2D eigenvalue weighted by atomic mass is 15.1. The number of hydrogen-bond donors (Lipinski definition) is 0. The van der Waals surface area contributed by atoms with E-state index >= 15 is 0 Å². The summed E-state index contributed by atoms with van der Waals surface area (Å²) in [7, 11) is 4.28. The number of hydrogen-bond acceptors (Lipinski definition) is 1. The third-order valence-corrected chi connectivity index (χ3v) is 2.68. The van der Waals surface area contributed by atoms with Crippen LogP contribution < -0.4 is 0 Å². The quantitative estimate of drug-likeness (QED) is 0.516. The highest BCUT2D eigenvalue weighted by molar-refractivity contribution is 5.24. The smallest absolute Gasteiger partial charge is 0.0165 e. The normalized spacial score (nSPS) is 33.8. The Bertz CT molecular complexity index is 213. The second kappa shape index (κ2) is 2.40. The molecule has 0 heterocycles. The maximum absolute atomic E-state index is 2.41. The van der Waals surface area contributed by atoms with Gasteiger partial charge in [-0.25, -0.2) is 0 Å². The van der Waals surface area contributed by atoms with Gasteiger partial charge in [-0.05, 0) is 18.8 Å². The number of rotatable bonds is 1. The summed E-state index contributed by atoms with van der Waals surface area (Å²) in [4.78, 5) is 2.25. The van der Waals surface area contributed by atoms with Crippen LogP contribution in [0.25, 0.3) is 0 Å². The standard InChI is InChI=1S/C10H15N/c1-11(2)10-7-8-3-5-9(10)6-4-8/h3,5,7-9H,4,6H2,1-2H3. The van der Waals surface area contributed by atoms with E-state index in [4.69, 9.17) is 0 Å². The minimum atomic E-state index is 0.718. The first kappa shape index (κ1) is 6.96. The van der Waals surface area contributed by atoms with E-state index in [-0.39, 0.29) is 0 Å². The number of fused-ring (bicyclic) bond motifs is 1. The van der Waals surface area contributed by atoms with E-state index in [1.165, 1.54) is 18.5 Å².